The van der Waals surface area contributed by atoms with Crippen molar-refractivity contribution in [2.75, 3.05) is 0 Å². The average molecular weight is 307 g/mol. The zero-order valence-corrected chi connectivity index (χ0v) is 12.7. The summed E-state index contributed by atoms with van der Waals surface area (Å²) in [5.41, 5.74) is 2.68. The van der Waals surface area contributed by atoms with Crippen molar-refractivity contribution >= 4 is 22.6 Å². The van der Waals surface area contributed by atoms with Gasteiger partial charge in [0.1, 0.15) is 11.6 Å². The van der Waals surface area contributed by atoms with Gasteiger partial charge in [-0.25, -0.2) is 9.37 Å². The molecule has 6 heteroatoms. The molecule has 0 spiro atoms. The molecule has 2 aromatic heterocycles. The van der Waals surface area contributed by atoms with Crippen LogP contribution in [-0.4, -0.2) is 19.3 Å². The van der Waals surface area contributed by atoms with E-state index in [4.69, 9.17) is 11.6 Å². The molecule has 0 saturated heterocycles. The van der Waals surface area contributed by atoms with Crippen molar-refractivity contribution in [2.24, 2.45) is 7.05 Å². The molecule has 0 bridgehead atoms. The summed E-state index contributed by atoms with van der Waals surface area (Å²) in [5, 5.41) is 3.93. The number of imidazole rings is 1. The van der Waals surface area contributed by atoms with Crippen molar-refractivity contribution in [3.63, 3.8) is 0 Å². The van der Waals surface area contributed by atoms with Crippen LogP contribution in [0.2, 0.25) is 0 Å². The van der Waals surface area contributed by atoms with Gasteiger partial charge in [0.25, 0.3) is 0 Å². The van der Waals surface area contributed by atoms with Crippen LogP contribution in [0.15, 0.2) is 30.5 Å². The van der Waals surface area contributed by atoms with E-state index in [0.717, 1.165) is 30.0 Å². The highest BCUT2D eigenvalue weighted by Gasteiger charge is 2.15. The smallest absolute Gasteiger partial charge is 0.127 e. The summed E-state index contributed by atoms with van der Waals surface area (Å²) in [6.45, 7) is 2.60. The van der Waals surface area contributed by atoms with Crippen LogP contribution in [0.25, 0.3) is 11.0 Å². The van der Waals surface area contributed by atoms with Gasteiger partial charge in [-0.2, -0.15) is 5.10 Å². The number of fused-ring (bicyclic) bond motifs is 1. The summed E-state index contributed by atoms with van der Waals surface area (Å²) in [5.74, 6) is 0.479. The number of aryl methyl sites for hydroxylation is 3. The van der Waals surface area contributed by atoms with E-state index in [-0.39, 0.29) is 11.2 Å². The van der Waals surface area contributed by atoms with Gasteiger partial charge in [-0.05, 0) is 25.1 Å². The maximum absolute atomic E-state index is 13.3. The topological polar surface area (TPSA) is 35.6 Å². The van der Waals surface area contributed by atoms with Crippen LogP contribution in [0.5, 0.6) is 0 Å². The molecule has 0 N–H and O–H groups in total. The highest BCUT2D eigenvalue weighted by Crippen LogP contribution is 2.25. The van der Waals surface area contributed by atoms with E-state index in [1.807, 2.05) is 24.7 Å². The third-order valence-corrected chi connectivity index (χ3v) is 3.80. The van der Waals surface area contributed by atoms with Crippen molar-refractivity contribution < 1.29 is 4.39 Å². The number of hydrogen-bond donors (Lipinski definition) is 0. The zero-order valence-electron chi connectivity index (χ0n) is 11.9. The Hall–Kier alpha value is -1.88. The second-order valence-corrected chi connectivity index (χ2v) is 5.72. The molecule has 0 radical (unpaired) electrons. The number of alkyl halides is 1. The average Bonchev–Trinajstić information content (AvgIpc) is 2.99. The summed E-state index contributed by atoms with van der Waals surface area (Å²) in [6.07, 6.45) is 2.59. The van der Waals surface area contributed by atoms with Gasteiger partial charge in [0.05, 0.1) is 16.4 Å². The second-order valence-electron chi connectivity index (χ2n) is 5.07. The minimum absolute atomic E-state index is 0.230. The summed E-state index contributed by atoms with van der Waals surface area (Å²) in [7, 11) is 1.92. The first kappa shape index (κ1) is 14.1. The standard InChI is InChI=1S/C15H16ClFN4/c1-10(16)15-19-13-9-11(17)3-4-14(13)21(15)8-6-12-5-7-18-20(12)2/h3-5,7,9-10H,6,8H2,1-2H3. The molecule has 3 aromatic rings. The molecule has 2 heterocycles. The molecule has 1 atom stereocenters. The fourth-order valence-electron chi connectivity index (χ4n) is 2.53. The molecule has 1 aromatic carbocycles. The van der Waals surface area contributed by atoms with E-state index in [2.05, 4.69) is 14.6 Å². The van der Waals surface area contributed by atoms with Crippen LogP contribution in [-0.2, 0) is 20.0 Å². The van der Waals surface area contributed by atoms with Crippen LogP contribution in [0.1, 0.15) is 23.8 Å². The summed E-state index contributed by atoms with van der Waals surface area (Å²) < 4.78 is 17.3. The summed E-state index contributed by atoms with van der Waals surface area (Å²) in [4.78, 5) is 4.46. The van der Waals surface area contributed by atoms with Gasteiger partial charge in [-0.3, -0.25) is 4.68 Å². The SMILES string of the molecule is CC(Cl)c1nc2cc(F)ccc2n1CCc1ccnn1C. The molecule has 0 aliphatic carbocycles. The van der Waals surface area contributed by atoms with Crippen molar-refractivity contribution in [3.8, 4) is 0 Å². The third-order valence-electron chi connectivity index (χ3n) is 3.61. The van der Waals surface area contributed by atoms with Gasteiger partial charge in [0.15, 0.2) is 0 Å². The second kappa shape index (κ2) is 5.48. The van der Waals surface area contributed by atoms with Crippen LogP contribution in [0.3, 0.4) is 0 Å². The quantitative estimate of drug-likeness (QED) is 0.692. The fraction of sp³-hybridized carbons (Fsp3) is 0.333. The monoisotopic (exact) mass is 306 g/mol. The number of benzene rings is 1. The van der Waals surface area contributed by atoms with Crippen molar-refractivity contribution in [2.45, 2.75) is 25.3 Å². The van der Waals surface area contributed by atoms with E-state index in [1.54, 1.807) is 12.3 Å². The molecule has 3 rings (SSSR count). The number of halogens is 2. The Morgan fingerprint density at radius 1 is 1.33 bits per heavy atom. The highest BCUT2D eigenvalue weighted by atomic mass is 35.5. The molecule has 0 fully saturated rings. The van der Waals surface area contributed by atoms with E-state index >= 15 is 0 Å². The number of hydrogen-bond acceptors (Lipinski definition) is 2. The lowest BCUT2D eigenvalue weighted by Crippen LogP contribution is -2.09. The minimum atomic E-state index is -0.285. The van der Waals surface area contributed by atoms with Gasteiger partial charge in [0, 0.05) is 38.0 Å². The van der Waals surface area contributed by atoms with Crippen molar-refractivity contribution in [1.82, 2.24) is 19.3 Å². The normalized spacial score (nSPS) is 13.0. The lowest BCUT2D eigenvalue weighted by Gasteiger charge is -2.10. The first-order chi connectivity index (χ1) is 10.1. The van der Waals surface area contributed by atoms with E-state index in [9.17, 15) is 4.39 Å². The highest BCUT2D eigenvalue weighted by molar-refractivity contribution is 6.20. The Balaban J connectivity index is 1.99. The lowest BCUT2D eigenvalue weighted by atomic mass is 10.2. The molecular weight excluding hydrogens is 291 g/mol. The van der Waals surface area contributed by atoms with Crippen LogP contribution >= 0.6 is 11.6 Å². The fourth-order valence-corrected chi connectivity index (χ4v) is 2.70. The Bertz CT molecular complexity index is 775. The largest absolute Gasteiger partial charge is 0.326 e. The minimum Gasteiger partial charge on any atom is -0.326 e. The Labute approximate surface area is 127 Å². The zero-order chi connectivity index (χ0) is 15.0. The van der Waals surface area contributed by atoms with Gasteiger partial charge in [-0.1, -0.05) is 0 Å². The molecule has 21 heavy (non-hydrogen) atoms. The van der Waals surface area contributed by atoms with E-state index < -0.39 is 0 Å². The van der Waals surface area contributed by atoms with Gasteiger partial charge in [-0.15, -0.1) is 11.6 Å². The van der Waals surface area contributed by atoms with Gasteiger partial charge >= 0.3 is 0 Å². The van der Waals surface area contributed by atoms with Gasteiger partial charge in [0.2, 0.25) is 0 Å². The predicted octanol–water partition coefficient (Wildman–Crippen LogP) is 3.45. The molecule has 4 nitrogen and oxygen atoms in total. The molecule has 0 saturated carbocycles. The van der Waals surface area contributed by atoms with Crippen LogP contribution in [0, 0.1) is 5.82 Å². The van der Waals surface area contributed by atoms with Crippen LogP contribution < -0.4 is 0 Å². The Kier molecular flexibility index (Phi) is 3.68. The summed E-state index contributed by atoms with van der Waals surface area (Å²) >= 11 is 6.22. The Morgan fingerprint density at radius 3 is 2.81 bits per heavy atom. The maximum Gasteiger partial charge on any atom is 0.127 e. The summed E-state index contributed by atoms with van der Waals surface area (Å²) in [6, 6.07) is 6.64. The molecule has 0 aliphatic rings. The van der Waals surface area contributed by atoms with E-state index in [1.165, 1.54) is 12.1 Å². The predicted molar refractivity (Wildman–Crippen MR) is 80.9 cm³/mol. The molecule has 1 unspecified atom stereocenters. The number of aromatic nitrogens is 4. The maximum atomic E-state index is 13.3. The van der Waals surface area contributed by atoms with E-state index in [0.29, 0.717) is 5.52 Å². The third kappa shape index (κ3) is 2.65. The first-order valence-electron chi connectivity index (χ1n) is 6.83. The van der Waals surface area contributed by atoms with Crippen molar-refractivity contribution in [3.05, 3.63) is 47.8 Å². The number of rotatable bonds is 4. The molecule has 0 aliphatic heterocycles. The molecule has 110 valence electrons. The molecule has 0 amide bonds. The van der Waals surface area contributed by atoms with Crippen LogP contribution in [0.4, 0.5) is 4.39 Å². The van der Waals surface area contributed by atoms with Crippen molar-refractivity contribution in [1.29, 1.82) is 0 Å². The van der Waals surface area contributed by atoms with Gasteiger partial charge < -0.3 is 4.57 Å². The first-order valence-corrected chi connectivity index (χ1v) is 7.26. The molecular formula is C15H16ClFN4. The lowest BCUT2D eigenvalue weighted by molar-refractivity contribution is 0.623. The Morgan fingerprint density at radius 2 is 2.14 bits per heavy atom. The number of nitrogens with zero attached hydrogens (tertiary/aromatic N) is 4.